The van der Waals surface area contributed by atoms with Gasteiger partial charge in [0.1, 0.15) is 0 Å². The predicted molar refractivity (Wildman–Crippen MR) is 52.1 cm³/mol. The lowest BCUT2D eigenvalue weighted by Gasteiger charge is -2.12. The first-order valence-corrected chi connectivity index (χ1v) is 5.64. The minimum Gasteiger partial charge on any atom is -0.207 e. The Morgan fingerprint density at radius 2 is 1.85 bits per heavy atom. The molecule has 0 saturated heterocycles. The van der Waals surface area contributed by atoms with Crippen LogP contribution >= 0.6 is 11.6 Å². The molecule has 0 aliphatic carbocycles. The molecule has 5 heteroatoms. The third-order valence-electron chi connectivity index (χ3n) is 1.62. The minimum absolute atomic E-state index is 0.0444. The monoisotopic (exact) mass is 219 g/mol. The molecule has 0 amide bonds. The van der Waals surface area contributed by atoms with Gasteiger partial charge in [-0.25, -0.2) is 8.42 Å². The van der Waals surface area contributed by atoms with Crippen LogP contribution in [0.2, 0.25) is 0 Å². The zero-order chi connectivity index (χ0) is 9.90. The van der Waals surface area contributed by atoms with Crippen molar-refractivity contribution in [3.63, 3.8) is 0 Å². The number of hydrogen-bond donors (Lipinski definition) is 0. The quantitative estimate of drug-likeness (QED) is 0.571. The third kappa shape index (κ3) is 2.21. The van der Waals surface area contributed by atoms with Gasteiger partial charge in [-0.1, -0.05) is 18.2 Å². The molecule has 0 heterocycles. The Labute approximate surface area is 83.0 Å². The van der Waals surface area contributed by atoms with E-state index in [9.17, 15) is 8.42 Å². The summed E-state index contributed by atoms with van der Waals surface area (Å²) in [6.07, 6.45) is 0. The van der Waals surface area contributed by atoms with Crippen LogP contribution in [0.25, 0.3) is 0 Å². The Bertz CT molecular complexity index is 363. The van der Waals surface area contributed by atoms with Crippen LogP contribution in [-0.4, -0.2) is 25.8 Å². The fourth-order valence-electron chi connectivity index (χ4n) is 0.837. The van der Waals surface area contributed by atoms with E-state index >= 15 is 0 Å². The van der Waals surface area contributed by atoms with Gasteiger partial charge in [-0.05, 0) is 12.1 Å². The fourth-order valence-corrected chi connectivity index (χ4v) is 2.21. The Morgan fingerprint density at radius 3 is 2.31 bits per heavy atom. The minimum atomic E-state index is -3.39. The normalized spacial score (nSPS) is 11.9. The van der Waals surface area contributed by atoms with Gasteiger partial charge in [0.05, 0.1) is 10.9 Å². The highest BCUT2D eigenvalue weighted by molar-refractivity contribution is 7.89. The second kappa shape index (κ2) is 4.09. The van der Waals surface area contributed by atoms with Gasteiger partial charge in [-0.3, -0.25) is 0 Å². The fraction of sp³-hybridized carbons (Fsp3) is 0.250. The summed E-state index contributed by atoms with van der Waals surface area (Å²) in [7, 11) is -1.95. The van der Waals surface area contributed by atoms with E-state index in [0.717, 1.165) is 4.31 Å². The summed E-state index contributed by atoms with van der Waals surface area (Å²) < 4.78 is 24.3. The van der Waals surface area contributed by atoms with Crippen molar-refractivity contribution in [3.8, 4) is 0 Å². The molecule has 0 fully saturated rings. The van der Waals surface area contributed by atoms with E-state index in [1.54, 1.807) is 30.3 Å². The number of nitrogens with zero attached hydrogens (tertiary/aromatic N) is 1. The predicted octanol–water partition coefficient (Wildman–Crippen LogP) is 1.50. The molecule has 0 N–H and O–H groups in total. The summed E-state index contributed by atoms with van der Waals surface area (Å²) in [6, 6.07) is 8.15. The molecule has 0 aromatic heterocycles. The van der Waals surface area contributed by atoms with Crippen molar-refractivity contribution in [2.45, 2.75) is 4.90 Å². The van der Waals surface area contributed by atoms with Gasteiger partial charge in [0.2, 0.25) is 10.0 Å². The molecular formula is C8H10ClNO2S. The molecule has 13 heavy (non-hydrogen) atoms. The van der Waals surface area contributed by atoms with Crippen LogP contribution in [0.4, 0.5) is 0 Å². The van der Waals surface area contributed by atoms with Crippen LogP contribution in [0.3, 0.4) is 0 Å². The maximum atomic E-state index is 11.6. The number of benzene rings is 1. The zero-order valence-corrected chi connectivity index (χ0v) is 8.72. The van der Waals surface area contributed by atoms with Crippen LogP contribution in [0.15, 0.2) is 35.2 Å². The molecule has 3 nitrogen and oxygen atoms in total. The number of sulfonamides is 1. The lowest BCUT2D eigenvalue weighted by atomic mass is 10.4. The van der Waals surface area contributed by atoms with E-state index in [-0.39, 0.29) is 10.9 Å². The summed E-state index contributed by atoms with van der Waals surface area (Å²) in [5.74, 6) is 0. The summed E-state index contributed by atoms with van der Waals surface area (Å²) >= 11 is 5.43. The molecule has 1 rings (SSSR count). The number of hydrogen-bond acceptors (Lipinski definition) is 2. The average Bonchev–Trinajstić information content (AvgIpc) is 2.18. The molecular weight excluding hydrogens is 210 g/mol. The molecule has 0 unspecified atom stereocenters. The first kappa shape index (κ1) is 10.5. The first-order chi connectivity index (χ1) is 6.09. The van der Waals surface area contributed by atoms with E-state index in [1.807, 2.05) is 0 Å². The molecule has 0 saturated carbocycles. The second-order valence-electron chi connectivity index (χ2n) is 2.54. The average molecular weight is 220 g/mol. The van der Waals surface area contributed by atoms with E-state index in [4.69, 9.17) is 11.6 Å². The highest BCUT2D eigenvalue weighted by atomic mass is 35.5. The molecule has 0 bridgehead atoms. The largest absolute Gasteiger partial charge is 0.243 e. The number of rotatable bonds is 3. The smallest absolute Gasteiger partial charge is 0.207 e. The Balaban J connectivity index is 3.09. The standard InChI is InChI=1S/C8H10ClNO2S/c1-10(7-9)13(11,12)8-5-3-2-4-6-8/h2-6H,7H2,1H3. The Morgan fingerprint density at radius 1 is 1.31 bits per heavy atom. The molecule has 0 spiro atoms. The summed E-state index contributed by atoms with van der Waals surface area (Å²) in [6.45, 7) is 0. The van der Waals surface area contributed by atoms with Crippen LogP contribution in [0.5, 0.6) is 0 Å². The molecule has 0 radical (unpaired) electrons. The van der Waals surface area contributed by atoms with E-state index in [2.05, 4.69) is 0 Å². The summed E-state index contributed by atoms with van der Waals surface area (Å²) in [5.41, 5.74) is 0. The summed E-state index contributed by atoms with van der Waals surface area (Å²) in [4.78, 5) is 0.262. The van der Waals surface area contributed by atoms with Crippen LogP contribution < -0.4 is 0 Å². The van der Waals surface area contributed by atoms with Crippen molar-refractivity contribution in [1.82, 2.24) is 4.31 Å². The van der Waals surface area contributed by atoms with Crippen molar-refractivity contribution in [3.05, 3.63) is 30.3 Å². The lowest BCUT2D eigenvalue weighted by Crippen LogP contribution is -2.25. The molecule has 1 aromatic carbocycles. The van der Waals surface area contributed by atoms with Crippen LogP contribution in [-0.2, 0) is 10.0 Å². The van der Waals surface area contributed by atoms with Crippen LogP contribution in [0.1, 0.15) is 0 Å². The maximum absolute atomic E-state index is 11.6. The van der Waals surface area contributed by atoms with Gasteiger partial charge in [-0.15, -0.1) is 11.6 Å². The molecule has 72 valence electrons. The highest BCUT2D eigenvalue weighted by Crippen LogP contribution is 2.13. The van der Waals surface area contributed by atoms with Crippen molar-refractivity contribution in [2.75, 3.05) is 13.1 Å². The molecule has 0 aliphatic rings. The van der Waals surface area contributed by atoms with E-state index in [0.29, 0.717) is 0 Å². The van der Waals surface area contributed by atoms with Crippen molar-refractivity contribution >= 4 is 21.6 Å². The third-order valence-corrected chi connectivity index (χ3v) is 3.94. The van der Waals surface area contributed by atoms with Crippen molar-refractivity contribution in [2.24, 2.45) is 0 Å². The van der Waals surface area contributed by atoms with Gasteiger partial charge >= 0.3 is 0 Å². The second-order valence-corrected chi connectivity index (χ2v) is 4.82. The topological polar surface area (TPSA) is 37.4 Å². The van der Waals surface area contributed by atoms with Crippen molar-refractivity contribution < 1.29 is 8.42 Å². The van der Waals surface area contributed by atoms with Gasteiger partial charge in [0.15, 0.2) is 0 Å². The zero-order valence-electron chi connectivity index (χ0n) is 7.14. The Hall–Kier alpha value is -0.580. The van der Waals surface area contributed by atoms with E-state index in [1.165, 1.54) is 7.05 Å². The SMILES string of the molecule is CN(CCl)S(=O)(=O)c1ccccc1. The number of alkyl halides is 1. The molecule has 1 aromatic rings. The number of halogens is 1. The van der Waals surface area contributed by atoms with Gasteiger partial charge < -0.3 is 0 Å². The van der Waals surface area contributed by atoms with Gasteiger partial charge in [0, 0.05) is 7.05 Å². The Kier molecular flexibility index (Phi) is 3.30. The van der Waals surface area contributed by atoms with E-state index < -0.39 is 10.0 Å². The lowest BCUT2D eigenvalue weighted by molar-refractivity contribution is 0.511. The van der Waals surface area contributed by atoms with Gasteiger partial charge in [0.25, 0.3) is 0 Å². The van der Waals surface area contributed by atoms with Crippen molar-refractivity contribution in [1.29, 1.82) is 0 Å². The molecule has 0 atom stereocenters. The summed E-state index contributed by atoms with van der Waals surface area (Å²) in [5, 5.41) is 0. The van der Waals surface area contributed by atoms with Crippen LogP contribution in [0, 0.1) is 0 Å². The van der Waals surface area contributed by atoms with Gasteiger partial charge in [-0.2, -0.15) is 4.31 Å². The highest BCUT2D eigenvalue weighted by Gasteiger charge is 2.18. The maximum Gasteiger partial charge on any atom is 0.243 e. The molecule has 0 aliphatic heterocycles. The first-order valence-electron chi connectivity index (χ1n) is 3.66.